The Morgan fingerprint density at radius 3 is 2.65 bits per heavy atom. The zero-order valence-corrected chi connectivity index (χ0v) is 17.5. The zero-order valence-electron chi connectivity index (χ0n) is 17.5. The Labute approximate surface area is 179 Å². The van der Waals surface area contributed by atoms with Gasteiger partial charge in [-0.15, -0.1) is 0 Å². The van der Waals surface area contributed by atoms with Gasteiger partial charge >= 0.3 is 5.97 Å². The summed E-state index contributed by atoms with van der Waals surface area (Å²) in [7, 11) is 2.99. The quantitative estimate of drug-likeness (QED) is 0.666. The smallest absolute Gasteiger partial charge is 0.344 e. The summed E-state index contributed by atoms with van der Waals surface area (Å²) in [6, 6.07) is 12.1. The van der Waals surface area contributed by atoms with E-state index in [1.807, 2.05) is 13.0 Å². The third kappa shape index (κ3) is 5.25. The number of nitrogens with one attached hydrogen (secondary N) is 1. The summed E-state index contributed by atoms with van der Waals surface area (Å²) in [6.07, 6.45) is -0.864. The standard InChI is InChI=1S/C22H24N2O7/c1-14-8-9-17(18(10-14)28-3)29-13-21(26)30-12-20(25)24-11-19(22(27)23-2)31-16-7-5-4-6-15(16)24/h4-10,19H,11-13H2,1-3H3,(H,23,27). The molecule has 2 aromatic carbocycles. The number of fused-ring (bicyclic) bond motifs is 1. The van der Waals surface area contributed by atoms with Gasteiger partial charge in [-0.2, -0.15) is 0 Å². The highest BCUT2D eigenvalue weighted by Gasteiger charge is 2.33. The van der Waals surface area contributed by atoms with E-state index >= 15 is 0 Å². The normalized spacial score (nSPS) is 14.7. The van der Waals surface area contributed by atoms with E-state index in [0.29, 0.717) is 22.9 Å². The minimum Gasteiger partial charge on any atom is -0.493 e. The molecule has 2 aromatic rings. The van der Waals surface area contributed by atoms with Gasteiger partial charge in [-0.1, -0.05) is 18.2 Å². The van der Waals surface area contributed by atoms with Crippen LogP contribution in [-0.4, -0.2) is 57.8 Å². The highest BCUT2D eigenvalue weighted by molar-refractivity contribution is 5.98. The second-order valence-corrected chi connectivity index (χ2v) is 6.80. The molecule has 164 valence electrons. The van der Waals surface area contributed by atoms with Crippen LogP contribution in [0, 0.1) is 6.92 Å². The first kappa shape index (κ1) is 21.9. The average Bonchev–Trinajstić information content (AvgIpc) is 2.80. The summed E-state index contributed by atoms with van der Waals surface area (Å²) < 4.78 is 21.4. The molecule has 31 heavy (non-hydrogen) atoms. The molecular weight excluding hydrogens is 404 g/mol. The molecule has 0 radical (unpaired) electrons. The van der Waals surface area contributed by atoms with E-state index in [9.17, 15) is 14.4 Å². The van der Waals surface area contributed by atoms with Crippen molar-refractivity contribution in [3.05, 3.63) is 48.0 Å². The number of ether oxygens (including phenoxy) is 4. The van der Waals surface area contributed by atoms with E-state index in [1.165, 1.54) is 19.1 Å². The van der Waals surface area contributed by atoms with Gasteiger partial charge in [0.05, 0.1) is 19.3 Å². The fourth-order valence-corrected chi connectivity index (χ4v) is 3.06. The Kier molecular flexibility index (Phi) is 6.96. The number of carbonyl (C=O) groups excluding carboxylic acids is 3. The van der Waals surface area contributed by atoms with Gasteiger partial charge in [0.25, 0.3) is 11.8 Å². The molecule has 3 rings (SSSR count). The van der Waals surface area contributed by atoms with Crippen molar-refractivity contribution in [2.75, 3.05) is 38.8 Å². The molecular formula is C22H24N2O7. The lowest BCUT2D eigenvalue weighted by atomic mass is 10.1. The van der Waals surface area contributed by atoms with Crippen molar-refractivity contribution in [2.24, 2.45) is 0 Å². The van der Waals surface area contributed by atoms with Crippen LogP contribution in [0.2, 0.25) is 0 Å². The van der Waals surface area contributed by atoms with Crippen molar-refractivity contribution in [2.45, 2.75) is 13.0 Å². The van der Waals surface area contributed by atoms with Crippen molar-refractivity contribution >= 4 is 23.5 Å². The Morgan fingerprint density at radius 1 is 1.13 bits per heavy atom. The third-order valence-electron chi connectivity index (χ3n) is 4.63. The Balaban J connectivity index is 1.59. The SMILES string of the molecule is CNC(=O)C1CN(C(=O)COC(=O)COc2ccc(C)cc2OC)c2ccccc2O1. The number of para-hydroxylation sites is 2. The molecule has 0 aliphatic carbocycles. The Hall–Kier alpha value is -3.75. The fraction of sp³-hybridized carbons (Fsp3) is 0.318. The number of likely N-dealkylation sites (N-methyl/N-ethyl adjacent to an activating group) is 1. The Bertz CT molecular complexity index is 976. The Morgan fingerprint density at radius 2 is 1.90 bits per heavy atom. The predicted octanol–water partition coefficient (Wildman–Crippen LogP) is 1.47. The van der Waals surface area contributed by atoms with Crippen molar-refractivity contribution < 1.29 is 33.3 Å². The number of hydrogen-bond acceptors (Lipinski definition) is 7. The minimum atomic E-state index is -0.864. The van der Waals surface area contributed by atoms with Crippen LogP contribution in [0.4, 0.5) is 5.69 Å². The number of methoxy groups -OCH3 is 1. The first-order valence-electron chi connectivity index (χ1n) is 9.63. The summed E-state index contributed by atoms with van der Waals surface area (Å²) >= 11 is 0. The molecule has 9 nitrogen and oxygen atoms in total. The summed E-state index contributed by atoms with van der Waals surface area (Å²) in [6.45, 7) is 1.03. The summed E-state index contributed by atoms with van der Waals surface area (Å²) in [5, 5.41) is 2.51. The van der Waals surface area contributed by atoms with E-state index in [0.717, 1.165) is 5.56 Å². The number of esters is 1. The molecule has 0 saturated heterocycles. The molecule has 0 aromatic heterocycles. The first-order valence-corrected chi connectivity index (χ1v) is 9.63. The second kappa shape index (κ2) is 9.84. The summed E-state index contributed by atoms with van der Waals surface area (Å²) in [5.74, 6) is -0.256. The maximum absolute atomic E-state index is 12.7. The molecule has 1 heterocycles. The molecule has 1 aliphatic rings. The van der Waals surface area contributed by atoms with Gasteiger partial charge in [0.1, 0.15) is 5.75 Å². The van der Waals surface area contributed by atoms with Gasteiger partial charge in [0, 0.05) is 7.05 Å². The van der Waals surface area contributed by atoms with Gasteiger partial charge in [-0.3, -0.25) is 9.59 Å². The largest absolute Gasteiger partial charge is 0.493 e. The molecule has 0 bridgehead atoms. The number of anilines is 1. The van der Waals surface area contributed by atoms with Gasteiger partial charge in [0.15, 0.2) is 30.8 Å². The van der Waals surface area contributed by atoms with Crippen LogP contribution in [0.25, 0.3) is 0 Å². The lowest BCUT2D eigenvalue weighted by Crippen LogP contribution is -2.51. The highest BCUT2D eigenvalue weighted by atomic mass is 16.6. The summed E-state index contributed by atoms with van der Waals surface area (Å²) in [4.78, 5) is 38.2. The number of hydrogen-bond donors (Lipinski definition) is 1. The van der Waals surface area contributed by atoms with Gasteiger partial charge in [-0.05, 0) is 36.8 Å². The molecule has 0 saturated carbocycles. The van der Waals surface area contributed by atoms with Crippen LogP contribution < -0.4 is 24.4 Å². The van der Waals surface area contributed by atoms with E-state index < -0.39 is 24.6 Å². The van der Waals surface area contributed by atoms with E-state index in [4.69, 9.17) is 18.9 Å². The van der Waals surface area contributed by atoms with Crippen LogP contribution >= 0.6 is 0 Å². The lowest BCUT2D eigenvalue weighted by molar-refractivity contribution is -0.150. The predicted molar refractivity (Wildman–Crippen MR) is 111 cm³/mol. The first-order chi connectivity index (χ1) is 14.9. The third-order valence-corrected chi connectivity index (χ3v) is 4.63. The minimum absolute atomic E-state index is 0.00410. The molecule has 1 aliphatic heterocycles. The monoisotopic (exact) mass is 428 g/mol. The van der Waals surface area contributed by atoms with Crippen LogP contribution in [-0.2, 0) is 19.1 Å². The van der Waals surface area contributed by atoms with E-state index in [-0.39, 0.29) is 19.1 Å². The second-order valence-electron chi connectivity index (χ2n) is 6.80. The number of aryl methyl sites for hydroxylation is 1. The highest BCUT2D eigenvalue weighted by Crippen LogP contribution is 2.33. The average molecular weight is 428 g/mol. The number of nitrogens with zero attached hydrogens (tertiary/aromatic N) is 1. The number of rotatable bonds is 7. The van der Waals surface area contributed by atoms with E-state index in [2.05, 4.69) is 5.32 Å². The van der Waals surface area contributed by atoms with Gasteiger partial charge in [-0.25, -0.2) is 4.79 Å². The molecule has 1 unspecified atom stereocenters. The van der Waals surface area contributed by atoms with Crippen molar-refractivity contribution in [1.29, 1.82) is 0 Å². The molecule has 2 amide bonds. The lowest BCUT2D eigenvalue weighted by Gasteiger charge is -2.33. The summed E-state index contributed by atoms with van der Waals surface area (Å²) in [5.41, 5.74) is 1.49. The van der Waals surface area contributed by atoms with Crippen molar-refractivity contribution in [3.63, 3.8) is 0 Å². The maximum Gasteiger partial charge on any atom is 0.344 e. The molecule has 0 fully saturated rings. The van der Waals surface area contributed by atoms with Crippen molar-refractivity contribution in [3.8, 4) is 17.2 Å². The maximum atomic E-state index is 12.7. The molecule has 9 heteroatoms. The van der Waals surface area contributed by atoms with Crippen molar-refractivity contribution in [1.82, 2.24) is 5.32 Å². The van der Waals surface area contributed by atoms with Crippen LogP contribution in [0.3, 0.4) is 0 Å². The fourth-order valence-electron chi connectivity index (χ4n) is 3.06. The topological polar surface area (TPSA) is 103 Å². The van der Waals surface area contributed by atoms with Gasteiger partial charge < -0.3 is 29.2 Å². The van der Waals surface area contributed by atoms with E-state index in [1.54, 1.807) is 36.4 Å². The van der Waals surface area contributed by atoms with Crippen LogP contribution in [0.15, 0.2) is 42.5 Å². The number of amides is 2. The van der Waals surface area contributed by atoms with Crippen LogP contribution in [0.5, 0.6) is 17.2 Å². The molecule has 0 spiro atoms. The number of benzene rings is 2. The zero-order chi connectivity index (χ0) is 22.4. The molecule has 1 N–H and O–H groups in total. The van der Waals surface area contributed by atoms with Crippen LogP contribution in [0.1, 0.15) is 5.56 Å². The molecule has 1 atom stereocenters. The van der Waals surface area contributed by atoms with Gasteiger partial charge in [0.2, 0.25) is 0 Å². The number of carbonyl (C=O) groups is 3.